The van der Waals surface area contributed by atoms with Crippen LogP contribution < -0.4 is 10.5 Å². The number of benzene rings is 3. The van der Waals surface area contributed by atoms with Crippen LogP contribution in [0.25, 0.3) is 27.6 Å². The lowest BCUT2D eigenvalue weighted by Crippen LogP contribution is -2.29. The number of aliphatic carboxylic acids is 1. The standard InChI is InChI=1S/C26H29NO3S2/c1-26(13-3-6-22(28)27-15-17-32-31-16-12-23(29)30)14-11-20-8-7-18-4-2-5-19-9-10-21(26)25(20)24(18)19/h2,4-5,7-11H,3,6,12-17H2,1H3,(H,27,28)(H,29,30). The van der Waals surface area contributed by atoms with Crippen LogP contribution in [0.2, 0.25) is 0 Å². The Balaban J connectivity index is 1.31. The maximum absolute atomic E-state index is 12.3. The molecule has 2 N–H and O–H groups in total. The highest BCUT2D eigenvalue weighted by atomic mass is 33.1. The van der Waals surface area contributed by atoms with Crippen LogP contribution in [-0.2, 0) is 15.0 Å². The zero-order valence-electron chi connectivity index (χ0n) is 18.4. The van der Waals surface area contributed by atoms with E-state index in [4.69, 9.17) is 5.11 Å². The van der Waals surface area contributed by atoms with Gasteiger partial charge in [-0.05, 0) is 57.0 Å². The molecule has 1 amide bonds. The van der Waals surface area contributed by atoms with Crippen molar-refractivity contribution in [3.63, 3.8) is 0 Å². The molecule has 0 radical (unpaired) electrons. The van der Waals surface area contributed by atoms with Crippen molar-refractivity contribution in [3.8, 4) is 0 Å². The number of hydrogen-bond acceptors (Lipinski definition) is 4. The molecule has 1 unspecified atom stereocenters. The number of hydrogen-bond donors (Lipinski definition) is 2. The summed E-state index contributed by atoms with van der Waals surface area (Å²) in [6, 6.07) is 15.5. The number of carbonyl (C=O) groups is 2. The summed E-state index contributed by atoms with van der Waals surface area (Å²) < 4.78 is 0. The third-order valence-corrected chi connectivity index (χ3v) is 8.76. The Hall–Kier alpha value is -2.18. The van der Waals surface area contributed by atoms with Gasteiger partial charge in [0.15, 0.2) is 0 Å². The van der Waals surface area contributed by atoms with E-state index in [0.717, 1.165) is 25.0 Å². The summed E-state index contributed by atoms with van der Waals surface area (Å²) in [6.45, 7) is 2.96. The minimum atomic E-state index is -0.769. The van der Waals surface area contributed by atoms with Crippen molar-refractivity contribution in [2.24, 2.45) is 0 Å². The normalized spacial score (nSPS) is 17.4. The van der Waals surface area contributed by atoms with Gasteiger partial charge in [-0.2, -0.15) is 0 Å². The lowest BCUT2D eigenvalue weighted by atomic mass is 9.70. The van der Waals surface area contributed by atoms with Crippen molar-refractivity contribution in [1.29, 1.82) is 0 Å². The smallest absolute Gasteiger partial charge is 0.304 e. The molecule has 0 aromatic heterocycles. The summed E-state index contributed by atoms with van der Waals surface area (Å²) in [5, 5.41) is 18.3. The van der Waals surface area contributed by atoms with E-state index in [1.54, 1.807) is 21.6 Å². The van der Waals surface area contributed by atoms with Crippen LogP contribution in [0.15, 0.2) is 42.5 Å². The molecule has 168 valence electrons. The molecule has 3 aromatic rings. The van der Waals surface area contributed by atoms with Gasteiger partial charge in [-0.3, -0.25) is 9.59 Å². The first-order chi connectivity index (χ1) is 15.5. The number of carboxylic acid groups (broad SMARTS) is 1. The molecule has 3 aromatic carbocycles. The largest absolute Gasteiger partial charge is 0.481 e. The Morgan fingerprint density at radius 1 is 1.00 bits per heavy atom. The van der Waals surface area contributed by atoms with E-state index in [1.807, 2.05) is 0 Å². The number of amides is 1. The van der Waals surface area contributed by atoms with Gasteiger partial charge < -0.3 is 10.4 Å². The third-order valence-electron chi connectivity index (χ3n) is 6.35. The summed E-state index contributed by atoms with van der Waals surface area (Å²) in [4.78, 5) is 22.8. The molecule has 32 heavy (non-hydrogen) atoms. The predicted octanol–water partition coefficient (Wildman–Crippen LogP) is 5.30. The monoisotopic (exact) mass is 467 g/mol. The number of carbonyl (C=O) groups excluding carboxylic acids is 1. The van der Waals surface area contributed by atoms with Crippen molar-refractivity contribution in [2.45, 2.75) is 44.4 Å². The quantitative estimate of drug-likeness (QED) is 0.296. The first-order valence-corrected chi connectivity index (χ1v) is 13.6. The number of carboxylic acids is 1. The number of nitrogens with one attached hydrogen (secondary N) is 1. The highest BCUT2D eigenvalue weighted by Gasteiger charge is 2.30. The molecular formula is C26H29NO3S2. The van der Waals surface area contributed by atoms with E-state index in [9.17, 15) is 9.59 Å². The molecule has 1 aliphatic carbocycles. The van der Waals surface area contributed by atoms with Crippen LogP contribution in [-0.4, -0.2) is 35.0 Å². The fourth-order valence-corrected chi connectivity index (χ4v) is 6.56. The summed E-state index contributed by atoms with van der Waals surface area (Å²) in [6.07, 6.45) is 5.93. The molecule has 4 nitrogen and oxygen atoms in total. The van der Waals surface area contributed by atoms with E-state index in [0.29, 0.717) is 18.7 Å². The molecule has 6 heteroatoms. The average molecular weight is 468 g/mol. The van der Waals surface area contributed by atoms with Gasteiger partial charge in [0.25, 0.3) is 0 Å². The molecular weight excluding hydrogens is 438 g/mol. The Labute approximate surface area is 196 Å². The fraction of sp³-hybridized carbons (Fsp3) is 0.385. The fourth-order valence-electron chi connectivity index (χ4n) is 4.67. The summed E-state index contributed by atoms with van der Waals surface area (Å²) in [7, 11) is 3.15. The molecule has 0 heterocycles. The van der Waals surface area contributed by atoms with Crippen molar-refractivity contribution >= 4 is 61.1 Å². The second kappa shape index (κ2) is 10.2. The van der Waals surface area contributed by atoms with Gasteiger partial charge >= 0.3 is 5.97 Å². The van der Waals surface area contributed by atoms with E-state index in [1.165, 1.54) is 32.3 Å². The molecule has 0 bridgehead atoms. The van der Waals surface area contributed by atoms with Crippen molar-refractivity contribution < 1.29 is 14.7 Å². The molecule has 0 saturated carbocycles. The third kappa shape index (κ3) is 5.07. The van der Waals surface area contributed by atoms with Crippen molar-refractivity contribution in [1.82, 2.24) is 5.32 Å². The van der Waals surface area contributed by atoms with E-state index in [-0.39, 0.29) is 17.7 Å². The van der Waals surface area contributed by atoms with Crippen LogP contribution in [0.3, 0.4) is 0 Å². The Morgan fingerprint density at radius 3 is 2.53 bits per heavy atom. The molecule has 1 aliphatic rings. The van der Waals surface area contributed by atoms with Crippen LogP contribution in [0, 0.1) is 0 Å². The first-order valence-electron chi connectivity index (χ1n) is 11.2. The van der Waals surface area contributed by atoms with Gasteiger partial charge in [-0.1, -0.05) is 77.1 Å². The number of rotatable bonds is 11. The maximum atomic E-state index is 12.3. The van der Waals surface area contributed by atoms with E-state index in [2.05, 4.69) is 60.8 Å². The van der Waals surface area contributed by atoms with Crippen molar-refractivity contribution in [3.05, 3.63) is 53.2 Å². The highest BCUT2D eigenvalue weighted by molar-refractivity contribution is 8.76. The van der Waals surface area contributed by atoms with Gasteiger partial charge in [0.1, 0.15) is 0 Å². The lowest BCUT2D eigenvalue weighted by Gasteiger charge is -2.34. The molecule has 0 aliphatic heterocycles. The molecule has 4 rings (SSSR count). The van der Waals surface area contributed by atoms with Gasteiger partial charge in [-0.25, -0.2) is 0 Å². The van der Waals surface area contributed by atoms with Crippen molar-refractivity contribution in [2.75, 3.05) is 18.1 Å². The van der Waals surface area contributed by atoms with Crippen LogP contribution >= 0.6 is 21.6 Å². The second-order valence-electron chi connectivity index (χ2n) is 8.68. The Kier molecular flexibility index (Phi) is 7.31. The molecule has 0 fully saturated rings. The Bertz CT molecular complexity index is 1180. The van der Waals surface area contributed by atoms with E-state index < -0.39 is 5.97 Å². The lowest BCUT2D eigenvalue weighted by molar-refractivity contribution is -0.136. The van der Waals surface area contributed by atoms with Gasteiger partial charge in [-0.15, -0.1) is 0 Å². The van der Waals surface area contributed by atoms with Crippen LogP contribution in [0.5, 0.6) is 0 Å². The minimum Gasteiger partial charge on any atom is -0.481 e. The van der Waals surface area contributed by atoms with Gasteiger partial charge in [0.05, 0.1) is 6.42 Å². The zero-order valence-corrected chi connectivity index (χ0v) is 20.0. The van der Waals surface area contributed by atoms with Gasteiger partial charge in [0.2, 0.25) is 5.91 Å². The SMILES string of the molecule is CC1(CCCC(=O)NCCSSCCC(=O)O)CC=c2ccc3cccc4ccc1c2c43. The zero-order chi connectivity index (χ0) is 22.6. The molecule has 0 saturated heterocycles. The maximum Gasteiger partial charge on any atom is 0.304 e. The van der Waals surface area contributed by atoms with Crippen LogP contribution in [0.4, 0.5) is 0 Å². The van der Waals surface area contributed by atoms with Crippen LogP contribution in [0.1, 0.15) is 44.6 Å². The summed E-state index contributed by atoms with van der Waals surface area (Å²) >= 11 is 0. The summed E-state index contributed by atoms with van der Waals surface area (Å²) in [5.74, 6) is 0.713. The highest BCUT2D eigenvalue weighted by Crippen LogP contribution is 2.41. The first kappa shape index (κ1) is 23.0. The average Bonchev–Trinajstić information content (AvgIpc) is 2.78. The topological polar surface area (TPSA) is 66.4 Å². The predicted molar refractivity (Wildman–Crippen MR) is 137 cm³/mol. The van der Waals surface area contributed by atoms with E-state index >= 15 is 0 Å². The summed E-state index contributed by atoms with van der Waals surface area (Å²) in [5.41, 5.74) is 1.46. The second-order valence-corrected chi connectivity index (χ2v) is 11.4. The molecule has 0 spiro atoms. The molecule has 1 atom stereocenters. The van der Waals surface area contributed by atoms with Gasteiger partial charge in [0, 0.05) is 24.5 Å². The Morgan fingerprint density at radius 2 is 1.75 bits per heavy atom. The minimum absolute atomic E-state index is 0.0439.